The Balaban J connectivity index is 1.95. The predicted octanol–water partition coefficient (Wildman–Crippen LogP) is 2.61. The van der Waals surface area contributed by atoms with Gasteiger partial charge in [0.1, 0.15) is 0 Å². The van der Waals surface area contributed by atoms with E-state index in [2.05, 4.69) is 4.72 Å². The molecule has 0 fully saturated rings. The summed E-state index contributed by atoms with van der Waals surface area (Å²) in [5, 5.41) is 10.9. The van der Waals surface area contributed by atoms with Gasteiger partial charge in [-0.25, -0.2) is 8.42 Å². The Morgan fingerprint density at radius 2 is 1.96 bits per heavy atom. The minimum absolute atomic E-state index is 0.0305. The number of nitro benzene ring substituents is 1. The van der Waals surface area contributed by atoms with Crippen molar-refractivity contribution in [2.45, 2.75) is 25.2 Å². The number of rotatable bonds is 5. The number of sulfonamides is 1. The molecule has 136 valence electrons. The largest absolute Gasteiger partial charge is 0.312 e. The Morgan fingerprint density at radius 1 is 1.23 bits per heavy atom. The number of benzene rings is 2. The summed E-state index contributed by atoms with van der Waals surface area (Å²) >= 11 is 0. The van der Waals surface area contributed by atoms with Crippen molar-refractivity contribution in [1.29, 1.82) is 0 Å². The highest BCUT2D eigenvalue weighted by Gasteiger charge is 2.27. The molecule has 1 N–H and O–H groups in total. The van der Waals surface area contributed by atoms with Crippen LogP contribution in [0.3, 0.4) is 0 Å². The molecular weight excluding hydrogens is 358 g/mol. The molecule has 0 saturated carbocycles. The first-order valence-electron chi connectivity index (χ1n) is 7.94. The van der Waals surface area contributed by atoms with Crippen LogP contribution in [0.25, 0.3) is 0 Å². The Bertz CT molecular complexity index is 1020. The fourth-order valence-electron chi connectivity index (χ4n) is 3.00. The van der Waals surface area contributed by atoms with Crippen LogP contribution in [0.15, 0.2) is 41.3 Å². The van der Waals surface area contributed by atoms with Gasteiger partial charge < -0.3 is 4.90 Å². The molecule has 9 heteroatoms. The number of carbonyl (C=O) groups is 1. The van der Waals surface area contributed by atoms with Crippen molar-refractivity contribution in [2.75, 3.05) is 16.2 Å². The third-order valence-electron chi connectivity index (χ3n) is 4.25. The summed E-state index contributed by atoms with van der Waals surface area (Å²) in [6, 6.07) is 8.58. The van der Waals surface area contributed by atoms with Crippen LogP contribution in [-0.2, 0) is 21.2 Å². The van der Waals surface area contributed by atoms with Gasteiger partial charge in [-0.05, 0) is 43.2 Å². The van der Waals surface area contributed by atoms with E-state index in [1.54, 1.807) is 30.0 Å². The molecule has 0 aromatic heterocycles. The average molecular weight is 375 g/mol. The van der Waals surface area contributed by atoms with E-state index >= 15 is 0 Å². The molecule has 26 heavy (non-hydrogen) atoms. The first-order chi connectivity index (χ1) is 12.2. The van der Waals surface area contributed by atoms with Crippen LogP contribution in [0.1, 0.15) is 18.1 Å². The molecule has 0 atom stereocenters. The number of hydrogen-bond donors (Lipinski definition) is 1. The molecule has 8 nitrogen and oxygen atoms in total. The van der Waals surface area contributed by atoms with Crippen molar-refractivity contribution >= 4 is 33.0 Å². The van der Waals surface area contributed by atoms with Crippen molar-refractivity contribution in [1.82, 2.24) is 0 Å². The van der Waals surface area contributed by atoms with Crippen LogP contribution >= 0.6 is 0 Å². The van der Waals surface area contributed by atoms with E-state index < -0.39 is 14.9 Å². The van der Waals surface area contributed by atoms with Gasteiger partial charge in [-0.15, -0.1) is 0 Å². The lowest BCUT2D eigenvalue weighted by molar-refractivity contribution is -0.385. The van der Waals surface area contributed by atoms with Gasteiger partial charge in [-0.2, -0.15) is 0 Å². The number of likely N-dealkylation sites (N-methyl/N-ethyl adjacent to an activating group) is 1. The molecule has 1 aliphatic heterocycles. The van der Waals surface area contributed by atoms with E-state index in [1.165, 1.54) is 12.1 Å². The number of carbonyl (C=O) groups excluding carboxylic acids is 1. The molecule has 0 unspecified atom stereocenters. The van der Waals surface area contributed by atoms with E-state index in [0.717, 1.165) is 17.3 Å². The first kappa shape index (κ1) is 17.9. The summed E-state index contributed by atoms with van der Waals surface area (Å²) < 4.78 is 27.8. The Morgan fingerprint density at radius 3 is 2.62 bits per heavy atom. The van der Waals surface area contributed by atoms with Gasteiger partial charge in [0.2, 0.25) is 5.91 Å². The predicted molar refractivity (Wildman–Crippen MR) is 96.8 cm³/mol. The molecule has 3 rings (SSSR count). The van der Waals surface area contributed by atoms with Crippen LogP contribution in [0.4, 0.5) is 17.1 Å². The molecule has 2 aromatic rings. The molecule has 1 aliphatic rings. The monoisotopic (exact) mass is 375 g/mol. The fourth-order valence-corrected chi connectivity index (χ4v) is 4.31. The van der Waals surface area contributed by atoms with Crippen molar-refractivity contribution in [3.8, 4) is 0 Å². The van der Waals surface area contributed by atoms with E-state index in [0.29, 0.717) is 17.8 Å². The summed E-state index contributed by atoms with van der Waals surface area (Å²) in [5.41, 5.74) is 1.92. The lowest BCUT2D eigenvalue weighted by Crippen LogP contribution is -2.25. The van der Waals surface area contributed by atoms with Crippen LogP contribution in [0, 0.1) is 17.0 Å². The van der Waals surface area contributed by atoms with Crippen molar-refractivity contribution in [3.63, 3.8) is 0 Å². The second kappa shape index (κ2) is 6.41. The molecule has 0 aliphatic carbocycles. The van der Waals surface area contributed by atoms with Crippen LogP contribution in [-0.4, -0.2) is 25.8 Å². The highest BCUT2D eigenvalue weighted by atomic mass is 32.2. The molecule has 0 saturated heterocycles. The zero-order chi connectivity index (χ0) is 19.1. The van der Waals surface area contributed by atoms with Gasteiger partial charge in [-0.3, -0.25) is 19.6 Å². The van der Waals surface area contributed by atoms with Gasteiger partial charge in [-0.1, -0.05) is 6.07 Å². The molecule has 1 amide bonds. The van der Waals surface area contributed by atoms with Crippen molar-refractivity contribution in [2.24, 2.45) is 0 Å². The highest BCUT2D eigenvalue weighted by Crippen LogP contribution is 2.32. The van der Waals surface area contributed by atoms with Gasteiger partial charge in [0.25, 0.3) is 15.7 Å². The number of nitrogens with zero attached hydrogens (tertiary/aromatic N) is 2. The van der Waals surface area contributed by atoms with Gasteiger partial charge in [0.15, 0.2) is 0 Å². The average Bonchev–Trinajstić information content (AvgIpc) is 2.88. The lowest BCUT2D eigenvalue weighted by Gasteiger charge is -2.15. The SMILES string of the molecule is CCN1C(=O)Cc2cc(NS(=O)(=O)c3cc([N+](=O)[O-])ccc3C)ccc21. The first-order valence-corrected chi connectivity index (χ1v) is 9.42. The number of nitrogens with one attached hydrogen (secondary N) is 1. The third kappa shape index (κ3) is 3.13. The quantitative estimate of drug-likeness (QED) is 0.638. The number of amides is 1. The number of anilines is 2. The zero-order valence-corrected chi connectivity index (χ0v) is 15.0. The molecule has 2 aromatic carbocycles. The van der Waals surface area contributed by atoms with E-state index in [-0.39, 0.29) is 22.9 Å². The number of nitro groups is 1. The summed E-state index contributed by atoms with van der Waals surface area (Å²) in [6.07, 6.45) is 0.217. The summed E-state index contributed by atoms with van der Waals surface area (Å²) in [4.78, 5) is 23.7. The Kier molecular flexibility index (Phi) is 4.41. The summed E-state index contributed by atoms with van der Waals surface area (Å²) in [5.74, 6) is -0.0305. The second-order valence-electron chi connectivity index (χ2n) is 5.97. The summed E-state index contributed by atoms with van der Waals surface area (Å²) in [7, 11) is -4.00. The van der Waals surface area contributed by atoms with Crippen molar-refractivity contribution in [3.05, 3.63) is 57.6 Å². The van der Waals surface area contributed by atoms with Crippen LogP contribution in [0.2, 0.25) is 0 Å². The normalized spacial score (nSPS) is 13.6. The third-order valence-corrected chi connectivity index (χ3v) is 5.78. The highest BCUT2D eigenvalue weighted by molar-refractivity contribution is 7.92. The minimum atomic E-state index is -4.00. The molecule has 0 radical (unpaired) electrons. The molecule has 0 spiro atoms. The maximum Gasteiger partial charge on any atom is 0.270 e. The van der Waals surface area contributed by atoms with E-state index in [1.807, 2.05) is 6.92 Å². The number of fused-ring (bicyclic) bond motifs is 1. The summed E-state index contributed by atoms with van der Waals surface area (Å²) in [6.45, 7) is 3.98. The fraction of sp³-hybridized carbons (Fsp3) is 0.235. The Hall–Kier alpha value is -2.94. The van der Waals surface area contributed by atoms with Gasteiger partial charge >= 0.3 is 0 Å². The maximum absolute atomic E-state index is 12.7. The van der Waals surface area contributed by atoms with Crippen molar-refractivity contribution < 1.29 is 18.1 Å². The van der Waals surface area contributed by atoms with E-state index in [9.17, 15) is 23.3 Å². The second-order valence-corrected chi connectivity index (χ2v) is 7.62. The Labute approximate surface area is 150 Å². The van der Waals surface area contributed by atoms with Gasteiger partial charge in [0.05, 0.1) is 16.2 Å². The number of non-ortho nitro benzene ring substituents is 1. The standard InChI is InChI=1S/C17H17N3O5S/c1-3-19-15-7-5-13(8-12(15)9-17(19)21)18-26(24,25)16-10-14(20(22)23)6-4-11(16)2/h4-8,10,18H,3,9H2,1-2H3. The topological polar surface area (TPSA) is 110 Å². The maximum atomic E-state index is 12.7. The molecular formula is C17H17N3O5S. The van der Waals surface area contributed by atoms with Crippen LogP contribution in [0.5, 0.6) is 0 Å². The van der Waals surface area contributed by atoms with E-state index in [4.69, 9.17) is 0 Å². The smallest absolute Gasteiger partial charge is 0.270 e. The minimum Gasteiger partial charge on any atom is -0.312 e. The molecule has 1 heterocycles. The van der Waals surface area contributed by atoms with Crippen LogP contribution < -0.4 is 9.62 Å². The number of aryl methyl sites for hydroxylation is 1. The van der Waals surface area contributed by atoms with Gasteiger partial charge in [0, 0.05) is 30.1 Å². The number of hydrogen-bond acceptors (Lipinski definition) is 5. The lowest BCUT2D eigenvalue weighted by atomic mass is 10.1. The zero-order valence-electron chi connectivity index (χ0n) is 14.2. The molecule has 0 bridgehead atoms.